The number of carbonyl (C=O) groups excluding carboxylic acids is 1. The van der Waals surface area contributed by atoms with Gasteiger partial charge in [-0.05, 0) is 59.9 Å². The Hall–Kier alpha value is -3.40. The largest absolute Gasteiger partial charge is 0.493 e. The van der Waals surface area contributed by atoms with Crippen molar-refractivity contribution in [3.63, 3.8) is 0 Å². The summed E-state index contributed by atoms with van der Waals surface area (Å²) in [7, 11) is -3.87. The number of fused-ring (bicyclic) bond motifs is 1. The summed E-state index contributed by atoms with van der Waals surface area (Å²) in [6.45, 7) is 6.44. The molecule has 4 N–H and O–H groups in total. The molecule has 1 heterocycles. The van der Waals surface area contributed by atoms with Gasteiger partial charge in [0.1, 0.15) is 11.5 Å². The van der Waals surface area contributed by atoms with Gasteiger partial charge in [-0.3, -0.25) is 4.79 Å². The molecule has 1 aliphatic rings. The number of anilines is 1. The highest BCUT2D eigenvalue weighted by atomic mass is 32.2. The normalized spacial score (nSPS) is 14.6. The van der Waals surface area contributed by atoms with Crippen molar-refractivity contribution in [2.75, 3.05) is 25.4 Å². The molecule has 208 valence electrons. The maximum atomic E-state index is 13.8. The molecule has 3 aromatic carbocycles. The smallest absolute Gasteiger partial charge is 0.253 e. The fraction of sp³-hybridized carbons (Fsp3) is 0.367. The number of benzene rings is 3. The molecule has 8 nitrogen and oxygen atoms in total. The van der Waals surface area contributed by atoms with E-state index < -0.39 is 21.7 Å². The van der Waals surface area contributed by atoms with Gasteiger partial charge in [0.15, 0.2) is 0 Å². The van der Waals surface area contributed by atoms with Crippen LogP contribution in [0.4, 0.5) is 5.69 Å². The molecule has 4 rings (SSSR count). The van der Waals surface area contributed by atoms with Crippen molar-refractivity contribution in [3.05, 3.63) is 89.0 Å². The molecule has 1 aliphatic heterocycles. The lowest BCUT2D eigenvalue weighted by atomic mass is 9.97. The van der Waals surface area contributed by atoms with Crippen LogP contribution < -0.4 is 15.8 Å². The van der Waals surface area contributed by atoms with Crippen molar-refractivity contribution in [1.29, 1.82) is 0 Å². The Kier molecular flexibility index (Phi) is 8.64. The minimum atomic E-state index is -3.87. The third kappa shape index (κ3) is 6.79. The monoisotopic (exact) mass is 551 g/mol. The molecule has 0 saturated carbocycles. The summed E-state index contributed by atoms with van der Waals surface area (Å²) >= 11 is 0. The molecule has 0 radical (unpaired) electrons. The lowest BCUT2D eigenvalue weighted by Gasteiger charge is -2.33. The number of hydrogen-bond donors (Lipinski definition) is 3. The lowest BCUT2D eigenvalue weighted by molar-refractivity contribution is -0.00269. The first-order valence-corrected chi connectivity index (χ1v) is 14.6. The molecule has 9 heteroatoms. The molecule has 0 bridgehead atoms. The molecule has 1 amide bonds. The van der Waals surface area contributed by atoms with Crippen molar-refractivity contribution in [2.24, 2.45) is 5.92 Å². The molecule has 0 aliphatic carbocycles. The third-order valence-corrected chi connectivity index (χ3v) is 8.81. The fourth-order valence-corrected chi connectivity index (χ4v) is 6.46. The molecule has 0 spiro atoms. The number of rotatable bonds is 11. The lowest BCUT2D eigenvalue weighted by Crippen LogP contribution is -2.52. The fourth-order valence-electron chi connectivity index (χ4n) is 4.81. The number of amides is 1. The number of nitrogens with two attached hydrogens (primary N) is 1. The van der Waals surface area contributed by atoms with Crippen LogP contribution in [0.1, 0.15) is 47.3 Å². The van der Waals surface area contributed by atoms with Crippen LogP contribution in [-0.4, -0.2) is 49.2 Å². The number of nitrogens with one attached hydrogen (secondary N) is 1. The summed E-state index contributed by atoms with van der Waals surface area (Å²) < 4.78 is 34.5. The van der Waals surface area contributed by atoms with Crippen molar-refractivity contribution < 1.29 is 23.1 Å². The summed E-state index contributed by atoms with van der Waals surface area (Å²) in [5.74, 6) is 0.278. The molecule has 39 heavy (non-hydrogen) atoms. The van der Waals surface area contributed by atoms with Gasteiger partial charge < -0.3 is 20.9 Å². The zero-order valence-electron chi connectivity index (χ0n) is 22.7. The van der Waals surface area contributed by atoms with E-state index >= 15 is 0 Å². The summed E-state index contributed by atoms with van der Waals surface area (Å²) in [5, 5.41) is 14.6. The molecule has 0 saturated heterocycles. The summed E-state index contributed by atoms with van der Waals surface area (Å²) in [6, 6.07) is 19.3. The van der Waals surface area contributed by atoms with Gasteiger partial charge in [0.2, 0.25) is 10.0 Å². The predicted octanol–water partition coefficient (Wildman–Crippen LogP) is 3.91. The van der Waals surface area contributed by atoms with E-state index in [4.69, 9.17) is 10.5 Å². The molecule has 1 unspecified atom stereocenters. The molecule has 1 atom stereocenters. The zero-order chi connectivity index (χ0) is 28.2. The van der Waals surface area contributed by atoms with Crippen LogP contribution in [0.2, 0.25) is 0 Å². The van der Waals surface area contributed by atoms with Crippen molar-refractivity contribution in [3.8, 4) is 5.75 Å². The molecular formula is C30H37N3O5S. The number of nitrogens with zero attached hydrogens (tertiary/aromatic N) is 1. The number of hydrogen-bond acceptors (Lipinski definition) is 6. The van der Waals surface area contributed by atoms with E-state index in [1.165, 1.54) is 4.31 Å². The maximum Gasteiger partial charge on any atom is 0.253 e. The van der Waals surface area contributed by atoms with Gasteiger partial charge in [0.25, 0.3) is 5.91 Å². The standard InChI is InChI=1S/C30H37N3O5S/c1-21(2)20-33(39(36,37)25-12-13-28-24(18-25)14-17-38-28)16-15-30(35,19-23-8-5-4-6-9-23)32-29(34)26-10-7-11-27(31)22(26)3/h4-13,18,21,35H,14-17,19-20,31H2,1-3H3,(H,32,34). The number of carbonyl (C=O) groups is 1. The van der Waals surface area contributed by atoms with E-state index in [-0.39, 0.29) is 36.7 Å². The van der Waals surface area contributed by atoms with Crippen molar-refractivity contribution >= 4 is 21.6 Å². The Morgan fingerprint density at radius 3 is 2.59 bits per heavy atom. The summed E-state index contributed by atoms with van der Waals surface area (Å²) in [4.78, 5) is 13.5. The number of sulfonamides is 1. The average Bonchev–Trinajstić information content (AvgIpc) is 3.36. The minimum absolute atomic E-state index is 0.00756. The number of ether oxygens (including phenoxy) is 1. The molecule has 0 aromatic heterocycles. The Labute approximate surface area is 230 Å². The van der Waals surface area contributed by atoms with E-state index in [1.807, 2.05) is 44.2 Å². The van der Waals surface area contributed by atoms with Crippen molar-refractivity contribution in [2.45, 2.75) is 50.7 Å². The second kappa shape index (κ2) is 11.8. The minimum Gasteiger partial charge on any atom is -0.493 e. The van der Waals surface area contributed by atoms with E-state index in [0.29, 0.717) is 35.6 Å². The van der Waals surface area contributed by atoms with Crippen molar-refractivity contribution in [1.82, 2.24) is 9.62 Å². The van der Waals surface area contributed by atoms with Crippen LogP contribution in [0.5, 0.6) is 5.75 Å². The first-order chi connectivity index (χ1) is 18.5. The van der Waals surface area contributed by atoms with Crippen LogP contribution in [0, 0.1) is 12.8 Å². The van der Waals surface area contributed by atoms with Gasteiger partial charge in [0, 0.05) is 43.6 Å². The first-order valence-electron chi connectivity index (χ1n) is 13.2. The summed E-state index contributed by atoms with van der Waals surface area (Å²) in [6.07, 6.45) is 0.747. The van der Waals surface area contributed by atoms with Crippen LogP contribution in [0.3, 0.4) is 0 Å². The maximum absolute atomic E-state index is 13.8. The van der Waals surface area contributed by atoms with Crippen LogP contribution >= 0.6 is 0 Å². The van der Waals surface area contributed by atoms with Crippen LogP contribution in [-0.2, 0) is 22.9 Å². The second-order valence-electron chi connectivity index (χ2n) is 10.5. The van der Waals surface area contributed by atoms with E-state index in [2.05, 4.69) is 5.32 Å². The van der Waals surface area contributed by atoms with Gasteiger partial charge in [-0.2, -0.15) is 4.31 Å². The Morgan fingerprint density at radius 2 is 1.87 bits per heavy atom. The second-order valence-corrected chi connectivity index (χ2v) is 12.5. The van der Waals surface area contributed by atoms with Gasteiger partial charge in [0.05, 0.1) is 11.5 Å². The number of nitrogen functional groups attached to an aromatic ring is 1. The summed E-state index contributed by atoms with van der Waals surface area (Å²) in [5.41, 5.74) is 7.40. The Bertz CT molecular complexity index is 1430. The molecule has 0 fully saturated rings. The van der Waals surface area contributed by atoms with Gasteiger partial charge in [-0.15, -0.1) is 0 Å². The SMILES string of the molecule is Cc1c(N)cccc1C(=O)NC(O)(CCN(CC(C)C)S(=O)(=O)c1ccc2c(c1)CCO2)Cc1ccccc1. The Balaban J connectivity index is 1.62. The molecule has 3 aromatic rings. The van der Waals surface area contributed by atoms with Gasteiger partial charge in [-0.25, -0.2) is 8.42 Å². The van der Waals surface area contributed by atoms with Gasteiger partial charge >= 0.3 is 0 Å². The van der Waals surface area contributed by atoms with Gasteiger partial charge in [-0.1, -0.05) is 50.2 Å². The molecular weight excluding hydrogens is 514 g/mol. The van der Waals surface area contributed by atoms with Crippen LogP contribution in [0.15, 0.2) is 71.6 Å². The zero-order valence-corrected chi connectivity index (χ0v) is 23.5. The Morgan fingerprint density at radius 1 is 1.13 bits per heavy atom. The highest BCUT2D eigenvalue weighted by Crippen LogP contribution is 2.30. The highest BCUT2D eigenvalue weighted by molar-refractivity contribution is 7.89. The topological polar surface area (TPSA) is 122 Å². The van der Waals surface area contributed by atoms with E-state index in [9.17, 15) is 18.3 Å². The average molecular weight is 552 g/mol. The van der Waals surface area contributed by atoms with E-state index in [1.54, 1.807) is 43.3 Å². The highest BCUT2D eigenvalue weighted by Gasteiger charge is 2.34. The predicted molar refractivity (Wildman–Crippen MR) is 152 cm³/mol. The van der Waals surface area contributed by atoms with Crippen LogP contribution in [0.25, 0.3) is 0 Å². The van der Waals surface area contributed by atoms with E-state index in [0.717, 1.165) is 11.1 Å². The number of aliphatic hydroxyl groups is 1. The third-order valence-electron chi connectivity index (χ3n) is 6.95. The first kappa shape index (κ1) is 28.6. The quantitative estimate of drug-likeness (QED) is 0.245.